The second-order valence-electron chi connectivity index (χ2n) is 8.90. The number of carbonyl (C=O) groups is 3. The van der Waals surface area contributed by atoms with Gasteiger partial charge in [-0.2, -0.15) is 0 Å². The van der Waals surface area contributed by atoms with E-state index >= 15 is 0 Å². The SMILES string of the molecule is CCNC(=O)CCCCCNC(=O)c1ccc(C(=O)O)c(-c2c3ccc(=O)cc-3oc3cc(O)ccc23)c1. The number of hydrogen-bond acceptors (Lipinski definition) is 6. The van der Waals surface area contributed by atoms with Crippen LogP contribution in [-0.2, 0) is 4.79 Å². The highest BCUT2D eigenvalue weighted by molar-refractivity contribution is 6.09. The molecular weight excluding hydrogens is 488 g/mol. The Bertz CT molecular complexity index is 1540. The minimum absolute atomic E-state index is 0.0121. The minimum Gasteiger partial charge on any atom is -0.508 e. The van der Waals surface area contributed by atoms with E-state index in [1.165, 1.54) is 42.5 Å². The van der Waals surface area contributed by atoms with Gasteiger partial charge in [-0.25, -0.2) is 4.79 Å². The van der Waals surface area contributed by atoms with Crippen molar-refractivity contribution >= 4 is 28.8 Å². The van der Waals surface area contributed by atoms with E-state index in [2.05, 4.69) is 10.6 Å². The van der Waals surface area contributed by atoms with Crippen molar-refractivity contribution in [3.63, 3.8) is 0 Å². The number of phenolic OH excluding ortho intramolecular Hbond substituents is 1. The standard InChI is InChI=1S/C29H28N2O7/c1-2-30-26(34)6-4-3-5-13-31-28(35)17-7-10-20(29(36)37)23(14-17)27-21-11-8-18(32)15-24(21)38-25-16-19(33)9-12-22(25)27/h7-12,14-16,32H,2-6,13H2,1H3,(H,30,34)(H,31,35)(H,36,37). The highest BCUT2D eigenvalue weighted by atomic mass is 16.4. The molecule has 0 radical (unpaired) electrons. The van der Waals surface area contributed by atoms with Gasteiger partial charge in [0.25, 0.3) is 5.91 Å². The van der Waals surface area contributed by atoms with Gasteiger partial charge >= 0.3 is 5.97 Å². The largest absolute Gasteiger partial charge is 0.508 e. The van der Waals surface area contributed by atoms with Crippen LogP contribution in [0, 0.1) is 0 Å². The zero-order valence-electron chi connectivity index (χ0n) is 20.9. The molecule has 0 spiro atoms. The third-order valence-electron chi connectivity index (χ3n) is 6.20. The molecule has 196 valence electrons. The molecule has 9 nitrogen and oxygen atoms in total. The fourth-order valence-electron chi connectivity index (χ4n) is 4.41. The topological polar surface area (TPSA) is 146 Å². The number of amides is 2. The third kappa shape index (κ3) is 5.83. The number of carbonyl (C=O) groups excluding carboxylic acids is 2. The van der Waals surface area contributed by atoms with Crippen LogP contribution in [-0.4, -0.2) is 41.1 Å². The van der Waals surface area contributed by atoms with Gasteiger partial charge < -0.3 is 25.3 Å². The van der Waals surface area contributed by atoms with Crippen LogP contribution >= 0.6 is 0 Å². The second kappa shape index (κ2) is 11.6. The molecule has 1 aliphatic carbocycles. The predicted octanol–water partition coefficient (Wildman–Crippen LogP) is 4.39. The summed E-state index contributed by atoms with van der Waals surface area (Å²) in [6, 6.07) is 13.0. The maximum atomic E-state index is 12.9. The Labute approximate surface area is 218 Å². The number of aromatic hydroxyl groups is 1. The number of nitrogens with one attached hydrogen (secondary N) is 2. The second-order valence-corrected chi connectivity index (χ2v) is 8.90. The van der Waals surface area contributed by atoms with E-state index < -0.39 is 5.97 Å². The van der Waals surface area contributed by atoms with E-state index in [9.17, 15) is 29.4 Å². The van der Waals surface area contributed by atoms with Crippen LogP contribution in [0.3, 0.4) is 0 Å². The Balaban J connectivity index is 1.66. The molecule has 2 aromatic rings. The molecule has 0 aromatic heterocycles. The van der Waals surface area contributed by atoms with Gasteiger partial charge in [-0.1, -0.05) is 6.42 Å². The van der Waals surface area contributed by atoms with Crippen molar-refractivity contribution in [2.75, 3.05) is 13.1 Å². The molecule has 4 rings (SSSR count). The zero-order valence-corrected chi connectivity index (χ0v) is 20.9. The summed E-state index contributed by atoms with van der Waals surface area (Å²) in [7, 11) is 0. The molecule has 0 saturated carbocycles. The van der Waals surface area contributed by atoms with Crippen molar-refractivity contribution in [2.24, 2.45) is 0 Å². The van der Waals surface area contributed by atoms with Crippen LogP contribution in [0.15, 0.2) is 63.8 Å². The highest BCUT2D eigenvalue weighted by Crippen LogP contribution is 2.42. The molecule has 0 atom stereocenters. The normalized spacial score (nSPS) is 11.0. The molecule has 4 N–H and O–H groups in total. The molecule has 0 unspecified atom stereocenters. The Morgan fingerprint density at radius 1 is 0.895 bits per heavy atom. The molecule has 0 bridgehead atoms. The van der Waals surface area contributed by atoms with Crippen molar-refractivity contribution in [1.82, 2.24) is 10.6 Å². The lowest BCUT2D eigenvalue weighted by Crippen LogP contribution is -2.25. The van der Waals surface area contributed by atoms with Crippen LogP contribution < -0.4 is 16.1 Å². The average Bonchev–Trinajstić information content (AvgIpc) is 2.88. The average molecular weight is 517 g/mol. The van der Waals surface area contributed by atoms with Gasteiger partial charge in [-0.15, -0.1) is 0 Å². The molecule has 2 aromatic carbocycles. The maximum Gasteiger partial charge on any atom is 0.336 e. The highest BCUT2D eigenvalue weighted by Gasteiger charge is 2.23. The molecule has 1 heterocycles. The summed E-state index contributed by atoms with van der Waals surface area (Å²) >= 11 is 0. The predicted molar refractivity (Wildman–Crippen MR) is 143 cm³/mol. The minimum atomic E-state index is -1.18. The summed E-state index contributed by atoms with van der Waals surface area (Å²) in [5.74, 6) is -1.36. The summed E-state index contributed by atoms with van der Waals surface area (Å²) < 4.78 is 5.85. The number of phenols is 1. The molecule has 9 heteroatoms. The first kappa shape index (κ1) is 26.4. The van der Waals surface area contributed by atoms with E-state index in [0.717, 1.165) is 12.8 Å². The number of benzene rings is 3. The smallest absolute Gasteiger partial charge is 0.336 e. The van der Waals surface area contributed by atoms with Crippen molar-refractivity contribution in [1.29, 1.82) is 0 Å². The molecular formula is C29H28N2O7. The van der Waals surface area contributed by atoms with E-state index in [-0.39, 0.29) is 51.0 Å². The van der Waals surface area contributed by atoms with Crippen LogP contribution in [0.2, 0.25) is 0 Å². The van der Waals surface area contributed by atoms with Gasteiger partial charge in [0.2, 0.25) is 5.91 Å². The summed E-state index contributed by atoms with van der Waals surface area (Å²) in [5.41, 5.74) is 1.46. The van der Waals surface area contributed by atoms with Gasteiger partial charge in [-0.05, 0) is 67.8 Å². The van der Waals surface area contributed by atoms with Gasteiger partial charge in [0.05, 0.1) is 5.56 Å². The first-order valence-corrected chi connectivity index (χ1v) is 12.4. The van der Waals surface area contributed by atoms with Crippen molar-refractivity contribution in [2.45, 2.75) is 32.6 Å². The van der Waals surface area contributed by atoms with Crippen molar-refractivity contribution < 1.29 is 29.0 Å². The summed E-state index contributed by atoms with van der Waals surface area (Å²) in [4.78, 5) is 48.7. The molecule has 0 fully saturated rings. The first-order valence-electron chi connectivity index (χ1n) is 12.4. The third-order valence-corrected chi connectivity index (χ3v) is 6.20. The number of carboxylic acids is 1. The number of rotatable bonds is 10. The Kier molecular flexibility index (Phi) is 8.06. The number of aromatic carboxylic acids is 1. The van der Waals surface area contributed by atoms with E-state index in [1.807, 2.05) is 6.92 Å². The van der Waals surface area contributed by atoms with Gasteiger partial charge in [0.1, 0.15) is 17.1 Å². The van der Waals surface area contributed by atoms with Crippen molar-refractivity contribution in [3.8, 4) is 28.2 Å². The van der Waals surface area contributed by atoms with E-state index in [1.54, 1.807) is 12.1 Å². The molecule has 0 saturated heterocycles. The summed E-state index contributed by atoms with van der Waals surface area (Å²) in [5, 5.41) is 26.0. The summed E-state index contributed by atoms with van der Waals surface area (Å²) in [6.45, 7) is 2.88. The molecule has 2 aliphatic rings. The molecule has 38 heavy (non-hydrogen) atoms. The Morgan fingerprint density at radius 2 is 1.71 bits per heavy atom. The lowest BCUT2D eigenvalue weighted by molar-refractivity contribution is -0.121. The number of unbranched alkanes of at least 4 members (excludes halogenated alkanes) is 2. The quantitative estimate of drug-likeness (QED) is 0.181. The van der Waals surface area contributed by atoms with Gasteiger partial charge in [-0.3, -0.25) is 14.4 Å². The van der Waals surface area contributed by atoms with Crippen LogP contribution in [0.25, 0.3) is 33.4 Å². The summed E-state index contributed by atoms with van der Waals surface area (Å²) in [6.07, 6.45) is 2.64. The maximum absolute atomic E-state index is 12.9. The van der Waals surface area contributed by atoms with E-state index in [4.69, 9.17) is 4.42 Å². The first-order chi connectivity index (χ1) is 18.3. The lowest BCUT2D eigenvalue weighted by atomic mass is 9.89. The Hall–Kier alpha value is -4.66. The zero-order chi connectivity index (χ0) is 27.2. The van der Waals surface area contributed by atoms with Crippen LogP contribution in [0.5, 0.6) is 5.75 Å². The Morgan fingerprint density at radius 3 is 2.47 bits per heavy atom. The van der Waals surface area contributed by atoms with Gasteiger partial charge in [0.15, 0.2) is 5.43 Å². The lowest BCUT2D eigenvalue weighted by Gasteiger charge is -2.17. The fourth-order valence-corrected chi connectivity index (χ4v) is 4.41. The monoisotopic (exact) mass is 516 g/mol. The van der Waals surface area contributed by atoms with Crippen molar-refractivity contribution in [3.05, 3.63) is 75.9 Å². The molecule has 2 amide bonds. The number of carboxylic acid groups (broad SMARTS) is 1. The molecule has 1 aliphatic heterocycles. The van der Waals surface area contributed by atoms with E-state index in [0.29, 0.717) is 42.4 Å². The number of fused-ring (bicyclic) bond motifs is 2. The van der Waals surface area contributed by atoms with Crippen LogP contribution in [0.4, 0.5) is 0 Å². The van der Waals surface area contributed by atoms with Gasteiger partial charge in [0, 0.05) is 53.7 Å². The fraction of sp³-hybridized carbons (Fsp3) is 0.241. The number of hydrogen-bond donors (Lipinski definition) is 4. The van der Waals surface area contributed by atoms with Crippen LogP contribution in [0.1, 0.15) is 53.3 Å².